The summed E-state index contributed by atoms with van der Waals surface area (Å²) < 4.78 is 5.40. The monoisotopic (exact) mass is 335 g/mol. The van der Waals surface area contributed by atoms with E-state index in [1.807, 2.05) is 29.2 Å². The van der Waals surface area contributed by atoms with Crippen LogP contribution in [0.1, 0.15) is 27.9 Å². The van der Waals surface area contributed by atoms with Gasteiger partial charge in [0.1, 0.15) is 12.4 Å². The number of carbonyl (C=O) groups excluding carboxylic acids is 2. The molecule has 4 rings (SSSR count). The molecule has 0 saturated carbocycles. The van der Waals surface area contributed by atoms with Crippen molar-refractivity contribution in [2.75, 3.05) is 19.7 Å². The van der Waals surface area contributed by atoms with Gasteiger partial charge in [-0.15, -0.1) is 0 Å². The van der Waals surface area contributed by atoms with Crippen LogP contribution in [0.3, 0.4) is 0 Å². The topological polar surface area (TPSA) is 46.6 Å². The summed E-state index contributed by atoms with van der Waals surface area (Å²) in [5.74, 6) is 1.34. The zero-order valence-electron chi connectivity index (χ0n) is 14.1. The average Bonchev–Trinajstić information content (AvgIpc) is 3.09. The fraction of sp³-hybridized carbons (Fsp3) is 0.333. The first-order chi connectivity index (χ1) is 12.2. The SMILES string of the molecule is O=C1COc2ccc(C(=O)N3CCC(Cc4ccccc4)C3)cc2C1. The number of hydrogen-bond donors (Lipinski definition) is 0. The van der Waals surface area contributed by atoms with E-state index in [2.05, 4.69) is 24.3 Å². The molecule has 128 valence electrons. The van der Waals surface area contributed by atoms with Crippen molar-refractivity contribution in [1.82, 2.24) is 4.90 Å². The molecule has 4 nitrogen and oxygen atoms in total. The Morgan fingerprint density at radius 2 is 2.00 bits per heavy atom. The zero-order chi connectivity index (χ0) is 17.2. The maximum absolute atomic E-state index is 12.8. The molecule has 1 unspecified atom stereocenters. The second kappa shape index (κ2) is 6.71. The minimum Gasteiger partial charge on any atom is -0.486 e. The lowest BCUT2D eigenvalue weighted by molar-refractivity contribution is -0.121. The molecule has 0 radical (unpaired) electrons. The summed E-state index contributed by atoms with van der Waals surface area (Å²) in [6.07, 6.45) is 2.40. The second-order valence-corrected chi connectivity index (χ2v) is 6.92. The van der Waals surface area contributed by atoms with E-state index in [9.17, 15) is 9.59 Å². The van der Waals surface area contributed by atoms with Crippen molar-refractivity contribution in [1.29, 1.82) is 0 Å². The van der Waals surface area contributed by atoms with E-state index >= 15 is 0 Å². The minimum absolute atomic E-state index is 0.0522. The normalized spacial score (nSPS) is 19.4. The zero-order valence-corrected chi connectivity index (χ0v) is 14.1. The van der Waals surface area contributed by atoms with Crippen molar-refractivity contribution in [3.05, 3.63) is 65.2 Å². The quantitative estimate of drug-likeness (QED) is 0.866. The number of carbonyl (C=O) groups is 2. The molecule has 2 aliphatic rings. The van der Waals surface area contributed by atoms with Gasteiger partial charge in [0.25, 0.3) is 5.91 Å². The first kappa shape index (κ1) is 15.9. The molecule has 2 aliphatic heterocycles. The van der Waals surface area contributed by atoms with Crippen LogP contribution < -0.4 is 4.74 Å². The molecule has 1 saturated heterocycles. The molecule has 1 fully saturated rings. The molecule has 1 amide bonds. The molecular weight excluding hydrogens is 314 g/mol. The highest BCUT2D eigenvalue weighted by atomic mass is 16.5. The largest absolute Gasteiger partial charge is 0.486 e. The summed E-state index contributed by atoms with van der Waals surface area (Å²) in [5, 5.41) is 0. The highest BCUT2D eigenvalue weighted by molar-refractivity contribution is 5.95. The Bertz CT molecular complexity index is 800. The highest BCUT2D eigenvalue weighted by Crippen LogP contribution is 2.27. The van der Waals surface area contributed by atoms with Gasteiger partial charge in [-0.25, -0.2) is 0 Å². The minimum atomic E-state index is 0.0522. The maximum Gasteiger partial charge on any atom is 0.253 e. The Morgan fingerprint density at radius 3 is 2.84 bits per heavy atom. The molecular formula is C21H21NO3. The van der Waals surface area contributed by atoms with Crippen molar-refractivity contribution >= 4 is 11.7 Å². The van der Waals surface area contributed by atoms with Crippen LogP contribution in [0.25, 0.3) is 0 Å². The standard InChI is InChI=1S/C21H21NO3/c23-19-12-18-11-17(6-7-20(18)25-14-19)21(24)22-9-8-16(13-22)10-15-4-2-1-3-5-15/h1-7,11,16H,8-10,12-14H2. The van der Waals surface area contributed by atoms with Crippen molar-refractivity contribution in [3.63, 3.8) is 0 Å². The van der Waals surface area contributed by atoms with Crippen molar-refractivity contribution in [3.8, 4) is 5.75 Å². The van der Waals surface area contributed by atoms with E-state index in [1.165, 1.54) is 5.56 Å². The number of nitrogens with zero attached hydrogens (tertiary/aromatic N) is 1. The van der Waals surface area contributed by atoms with Crippen molar-refractivity contribution < 1.29 is 14.3 Å². The molecule has 0 aliphatic carbocycles. The van der Waals surface area contributed by atoms with E-state index in [4.69, 9.17) is 4.74 Å². The van der Waals surface area contributed by atoms with E-state index in [-0.39, 0.29) is 18.3 Å². The average molecular weight is 335 g/mol. The summed E-state index contributed by atoms with van der Waals surface area (Å²) >= 11 is 0. The molecule has 0 N–H and O–H groups in total. The number of ether oxygens (including phenoxy) is 1. The van der Waals surface area contributed by atoms with Crippen LogP contribution in [0.15, 0.2) is 48.5 Å². The van der Waals surface area contributed by atoms with Crippen LogP contribution in [0.5, 0.6) is 5.75 Å². The predicted molar refractivity (Wildman–Crippen MR) is 94.8 cm³/mol. The first-order valence-corrected chi connectivity index (χ1v) is 8.79. The summed E-state index contributed by atoms with van der Waals surface area (Å²) in [6.45, 7) is 1.72. The summed E-state index contributed by atoms with van der Waals surface area (Å²) in [6, 6.07) is 15.9. The van der Waals surface area contributed by atoms with Gasteiger partial charge in [-0.2, -0.15) is 0 Å². The predicted octanol–water partition coefficient (Wildman–Crippen LogP) is 2.90. The summed E-state index contributed by atoms with van der Waals surface area (Å²) in [7, 11) is 0. The fourth-order valence-corrected chi connectivity index (χ4v) is 3.73. The molecule has 1 atom stereocenters. The summed E-state index contributed by atoms with van der Waals surface area (Å²) in [4.78, 5) is 26.3. The van der Waals surface area contributed by atoms with Crippen LogP contribution in [-0.2, 0) is 17.6 Å². The van der Waals surface area contributed by atoms with Gasteiger partial charge in [0, 0.05) is 30.6 Å². The number of likely N-dealkylation sites (tertiary alicyclic amines) is 1. The third-order valence-corrected chi connectivity index (χ3v) is 5.02. The van der Waals surface area contributed by atoms with Crippen LogP contribution in [0.2, 0.25) is 0 Å². The third-order valence-electron chi connectivity index (χ3n) is 5.02. The second-order valence-electron chi connectivity index (χ2n) is 6.92. The van der Waals surface area contributed by atoms with E-state index in [1.54, 1.807) is 0 Å². The molecule has 25 heavy (non-hydrogen) atoms. The highest BCUT2D eigenvalue weighted by Gasteiger charge is 2.28. The van der Waals surface area contributed by atoms with E-state index in [0.29, 0.717) is 17.9 Å². The molecule has 2 aromatic rings. The first-order valence-electron chi connectivity index (χ1n) is 8.79. The van der Waals surface area contributed by atoms with Gasteiger partial charge < -0.3 is 9.64 Å². The van der Waals surface area contributed by atoms with Crippen LogP contribution >= 0.6 is 0 Å². The van der Waals surface area contributed by atoms with Crippen molar-refractivity contribution in [2.45, 2.75) is 19.3 Å². The van der Waals surface area contributed by atoms with E-state index < -0.39 is 0 Å². The van der Waals surface area contributed by atoms with Crippen LogP contribution in [0, 0.1) is 5.92 Å². The molecule has 2 aromatic carbocycles. The number of amides is 1. The number of hydrogen-bond acceptors (Lipinski definition) is 3. The Hall–Kier alpha value is -2.62. The number of rotatable bonds is 3. The van der Waals surface area contributed by atoms with Gasteiger partial charge in [-0.3, -0.25) is 9.59 Å². The lowest BCUT2D eigenvalue weighted by atomic mass is 9.99. The van der Waals surface area contributed by atoms with Crippen LogP contribution in [-0.4, -0.2) is 36.3 Å². The number of benzene rings is 2. The smallest absolute Gasteiger partial charge is 0.253 e. The number of Topliss-reactive ketones (excluding diaryl/α,β-unsaturated/α-hetero) is 1. The molecule has 0 spiro atoms. The van der Waals surface area contributed by atoms with Gasteiger partial charge in [-0.05, 0) is 42.5 Å². The van der Waals surface area contributed by atoms with Gasteiger partial charge >= 0.3 is 0 Å². The van der Waals surface area contributed by atoms with Gasteiger partial charge in [0.15, 0.2) is 5.78 Å². The fourth-order valence-electron chi connectivity index (χ4n) is 3.73. The van der Waals surface area contributed by atoms with Gasteiger partial charge in [-0.1, -0.05) is 30.3 Å². The van der Waals surface area contributed by atoms with Crippen LogP contribution in [0.4, 0.5) is 0 Å². The maximum atomic E-state index is 12.8. The Kier molecular flexibility index (Phi) is 4.26. The molecule has 2 heterocycles. The van der Waals surface area contributed by atoms with Crippen molar-refractivity contribution in [2.24, 2.45) is 5.92 Å². The number of ketones is 1. The number of fused-ring (bicyclic) bond motifs is 1. The van der Waals surface area contributed by atoms with Gasteiger partial charge in [0.05, 0.1) is 0 Å². The third kappa shape index (κ3) is 3.43. The summed E-state index contributed by atoms with van der Waals surface area (Å²) in [5.41, 5.74) is 2.80. The van der Waals surface area contributed by atoms with E-state index in [0.717, 1.165) is 37.2 Å². The molecule has 0 aromatic heterocycles. The Morgan fingerprint density at radius 1 is 1.16 bits per heavy atom. The Balaban J connectivity index is 1.43. The molecule has 4 heteroatoms. The Labute approximate surface area is 147 Å². The molecule has 0 bridgehead atoms. The van der Waals surface area contributed by atoms with Gasteiger partial charge in [0.2, 0.25) is 0 Å². The lowest BCUT2D eigenvalue weighted by Gasteiger charge is -2.20. The lowest BCUT2D eigenvalue weighted by Crippen LogP contribution is -2.29.